The van der Waals surface area contributed by atoms with Crippen molar-refractivity contribution in [2.24, 2.45) is 0 Å². The molecule has 38 heavy (non-hydrogen) atoms. The molecule has 0 spiro atoms. The number of nitrogens with zero attached hydrogens (tertiary/aromatic N) is 4. The zero-order chi connectivity index (χ0) is 26.1. The number of fused-ring (bicyclic) bond motifs is 1. The van der Waals surface area contributed by atoms with Crippen LogP contribution in [-0.2, 0) is 14.2 Å². The van der Waals surface area contributed by atoms with Gasteiger partial charge in [0.15, 0.2) is 12.0 Å². The lowest BCUT2D eigenvalue weighted by atomic mass is 9.86. The molecule has 1 aliphatic carbocycles. The number of hydrogen-bond donors (Lipinski definition) is 1. The Morgan fingerprint density at radius 1 is 1.21 bits per heavy atom. The quantitative estimate of drug-likeness (QED) is 0.604. The van der Waals surface area contributed by atoms with E-state index >= 15 is 0 Å². The van der Waals surface area contributed by atoms with Gasteiger partial charge in [0.1, 0.15) is 17.9 Å². The second kappa shape index (κ2) is 10.0. The predicted molar refractivity (Wildman–Crippen MR) is 139 cm³/mol. The van der Waals surface area contributed by atoms with Crippen LogP contribution < -0.4 is 9.64 Å². The Bertz CT molecular complexity index is 1360. The van der Waals surface area contributed by atoms with Crippen molar-refractivity contribution in [2.45, 2.75) is 43.8 Å². The van der Waals surface area contributed by atoms with Crippen molar-refractivity contribution < 1.29 is 28.8 Å². The second-order valence-electron chi connectivity index (χ2n) is 9.92. The zero-order valence-electron chi connectivity index (χ0n) is 21.2. The number of aromatic nitrogens is 2. The Balaban J connectivity index is 1.08. The lowest BCUT2D eigenvalue weighted by molar-refractivity contribution is -0.0221. The molecule has 10 heteroatoms. The SMILES string of the molecule is COc1ccc2nccc(N3CCC(O)(CC4CN(C5=COC=C(C6=CC=CCC6)O5)C(=O)O4)CC3)c2n1. The number of carbonyl (C=O) groups is 1. The molecule has 6 rings (SSSR count). The van der Waals surface area contributed by atoms with E-state index in [1.165, 1.54) is 11.2 Å². The van der Waals surface area contributed by atoms with Crippen molar-refractivity contribution in [3.05, 3.63) is 72.4 Å². The summed E-state index contributed by atoms with van der Waals surface area (Å²) < 4.78 is 22.4. The number of methoxy groups -OCH3 is 1. The van der Waals surface area contributed by atoms with Crippen molar-refractivity contribution in [3.8, 4) is 5.88 Å². The number of carbonyl (C=O) groups excluding carboxylic acids is 1. The van der Waals surface area contributed by atoms with Crippen molar-refractivity contribution in [1.29, 1.82) is 0 Å². The van der Waals surface area contributed by atoms with Crippen molar-refractivity contribution in [1.82, 2.24) is 14.9 Å². The summed E-state index contributed by atoms with van der Waals surface area (Å²) in [6.45, 7) is 1.56. The van der Waals surface area contributed by atoms with E-state index in [2.05, 4.69) is 20.9 Å². The molecule has 5 heterocycles. The van der Waals surface area contributed by atoms with Crippen LogP contribution in [0.5, 0.6) is 5.88 Å². The minimum absolute atomic E-state index is 0.283. The number of anilines is 1. The molecule has 2 aromatic heterocycles. The first-order chi connectivity index (χ1) is 18.5. The van der Waals surface area contributed by atoms with E-state index < -0.39 is 17.8 Å². The summed E-state index contributed by atoms with van der Waals surface area (Å²) in [5.74, 6) is 1.41. The first-order valence-electron chi connectivity index (χ1n) is 12.9. The first kappa shape index (κ1) is 24.3. The number of rotatable bonds is 6. The molecule has 2 saturated heterocycles. The number of pyridine rings is 2. The summed E-state index contributed by atoms with van der Waals surface area (Å²) in [7, 11) is 1.59. The van der Waals surface area contributed by atoms with E-state index in [0.717, 1.165) is 35.1 Å². The number of cyclic esters (lactones) is 1. The molecule has 10 nitrogen and oxygen atoms in total. The van der Waals surface area contributed by atoms with E-state index in [1.54, 1.807) is 25.6 Å². The molecule has 1 atom stereocenters. The lowest BCUT2D eigenvalue weighted by Crippen LogP contribution is -2.46. The molecule has 2 aromatic rings. The van der Waals surface area contributed by atoms with E-state index in [1.807, 2.05) is 24.3 Å². The van der Waals surface area contributed by atoms with E-state index in [0.29, 0.717) is 49.9 Å². The Labute approximate surface area is 220 Å². The average Bonchev–Trinajstić information content (AvgIpc) is 3.32. The van der Waals surface area contributed by atoms with Gasteiger partial charge in [-0.15, -0.1) is 0 Å². The highest BCUT2D eigenvalue weighted by Gasteiger charge is 2.42. The monoisotopic (exact) mass is 518 g/mol. The number of amides is 1. The van der Waals surface area contributed by atoms with Gasteiger partial charge in [-0.2, -0.15) is 0 Å². The van der Waals surface area contributed by atoms with E-state index in [-0.39, 0.29) is 6.54 Å². The molecule has 1 amide bonds. The average molecular weight is 519 g/mol. The van der Waals surface area contributed by atoms with E-state index in [4.69, 9.17) is 18.9 Å². The summed E-state index contributed by atoms with van der Waals surface area (Å²) in [5, 5.41) is 11.4. The van der Waals surface area contributed by atoms with Gasteiger partial charge in [0, 0.05) is 31.8 Å². The largest absolute Gasteiger partial charge is 0.481 e. The highest BCUT2D eigenvalue weighted by molar-refractivity contribution is 5.88. The Kier molecular flexibility index (Phi) is 6.40. The maximum Gasteiger partial charge on any atom is 0.417 e. The summed E-state index contributed by atoms with van der Waals surface area (Å²) in [4.78, 5) is 25.3. The van der Waals surface area contributed by atoms with Crippen LogP contribution in [-0.4, -0.2) is 64.5 Å². The molecule has 1 N–H and O–H groups in total. The molecule has 3 aliphatic heterocycles. The summed E-state index contributed by atoms with van der Waals surface area (Å²) in [6.07, 6.45) is 13.0. The van der Waals surface area contributed by atoms with Crippen LogP contribution in [0.15, 0.2) is 72.4 Å². The van der Waals surface area contributed by atoms with Gasteiger partial charge in [0.25, 0.3) is 0 Å². The van der Waals surface area contributed by atoms with Crippen LogP contribution in [0.2, 0.25) is 0 Å². The molecule has 0 saturated carbocycles. The number of piperidine rings is 1. The van der Waals surface area contributed by atoms with Gasteiger partial charge in [-0.05, 0) is 43.4 Å². The lowest BCUT2D eigenvalue weighted by Gasteiger charge is -2.40. The van der Waals surface area contributed by atoms with Gasteiger partial charge in [0.2, 0.25) is 11.8 Å². The van der Waals surface area contributed by atoms with Crippen molar-refractivity contribution >= 4 is 22.8 Å². The molecule has 0 bridgehead atoms. The highest BCUT2D eigenvalue weighted by Crippen LogP contribution is 2.36. The van der Waals surface area contributed by atoms with Crippen LogP contribution in [0.3, 0.4) is 0 Å². The van der Waals surface area contributed by atoms with Crippen LogP contribution in [0, 0.1) is 0 Å². The maximum atomic E-state index is 12.7. The maximum absolute atomic E-state index is 12.7. The Hall–Kier alpha value is -4.05. The number of aliphatic hydroxyl groups is 1. The van der Waals surface area contributed by atoms with Crippen LogP contribution in [0.25, 0.3) is 11.0 Å². The van der Waals surface area contributed by atoms with Crippen LogP contribution in [0.4, 0.5) is 10.5 Å². The van der Waals surface area contributed by atoms with Gasteiger partial charge in [0.05, 0.1) is 30.5 Å². The Morgan fingerprint density at radius 2 is 2.08 bits per heavy atom. The molecule has 0 radical (unpaired) electrons. The third-order valence-electron chi connectivity index (χ3n) is 7.42. The third-order valence-corrected chi connectivity index (χ3v) is 7.42. The number of allylic oxidation sites excluding steroid dienone is 4. The van der Waals surface area contributed by atoms with Crippen molar-refractivity contribution in [3.63, 3.8) is 0 Å². The molecule has 0 aromatic carbocycles. The zero-order valence-corrected chi connectivity index (χ0v) is 21.2. The van der Waals surface area contributed by atoms with Gasteiger partial charge >= 0.3 is 6.09 Å². The smallest absolute Gasteiger partial charge is 0.417 e. The normalized spacial score (nSPS) is 22.7. The third kappa shape index (κ3) is 4.79. The van der Waals surface area contributed by atoms with E-state index in [9.17, 15) is 9.90 Å². The second-order valence-corrected chi connectivity index (χ2v) is 9.92. The molecular weight excluding hydrogens is 488 g/mol. The predicted octanol–water partition coefficient (Wildman–Crippen LogP) is 4.14. The minimum Gasteiger partial charge on any atom is -0.481 e. The van der Waals surface area contributed by atoms with Crippen molar-refractivity contribution in [2.75, 3.05) is 31.6 Å². The molecule has 4 aliphatic rings. The highest BCUT2D eigenvalue weighted by atomic mass is 16.6. The molecule has 1 unspecified atom stereocenters. The fourth-order valence-electron chi connectivity index (χ4n) is 5.34. The summed E-state index contributed by atoms with van der Waals surface area (Å²) in [6, 6.07) is 5.63. The van der Waals surface area contributed by atoms with Gasteiger partial charge in [-0.1, -0.05) is 18.2 Å². The Morgan fingerprint density at radius 3 is 2.87 bits per heavy atom. The minimum atomic E-state index is -0.950. The fraction of sp³-hybridized carbons (Fsp3) is 0.393. The number of ether oxygens (including phenoxy) is 4. The first-order valence-corrected chi connectivity index (χ1v) is 12.9. The standard InChI is InChI=1S/C28H30N4O6/c1-35-24-8-7-21-26(30-24)22(9-12-29-21)31-13-10-28(34,11-14-31)15-20-16-32(27(33)37-20)25-18-36-17-23(38-25)19-5-3-2-4-6-19/h2-3,5,7-9,12,17-18,20,34H,4,6,10-11,13-16H2,1H3. The van der Waals surface area contributed by atoms with Gasteiger partial charge in [-0.25, -0.2) is 14.7 Å². The number of hydrogen-bond acceptors (Lipinski definition) is 9. The molecule has 2 fully saturated rings. The van der Waals surface area contributed by atoms with Gasteiger partial charge in [-0.3, -0.25) is 4.98 Å². The van der Waals surface area contributed by atoms with Gasteiger partial charge < -0.3 is 29.0 Å². The van der Waals surface area contributed by atoms with Crippen LogP contribution in [0.1, 0.15) is 32.1 Å². The topological polar surface area (TPSA) is 106 Å². The summed E-state index contributed by atoms with van der Waals surface area (Å²) >= 11 is 0. The molecule has 198 valence electrons. The molecular formula is C28H30N4O6. The fourth-order valence-corrected chi connectivity index (χ4v) is 5.34. The summed E-state index contributed by atoms with van der Waals surface area (Å²) in [5.41, 5.74) is 2.59. The van der Waals surface area contributed by atoms with Crippen LogP contribution >= 0.6 is 0 Å².